The van der Waals surface area contributed by atoms with Crippen molar-refractivity contribution in [3.63, 3.8) is 0 Å². The maximum atomic E-state index is 11.3. The summed E-state index contributed by atoms with van der Waals surface area (Å²) in [5.74, 6) is 0.440. The van der Waals surface area contributed by atoms with Gasteiger partial charge in [-0.3, -0.25) is 0 Å². The molecule has 1 fully saturated rings. The zero-order valence-corrected chi connectivity index (χ0v) is 9.79. The molecule has 0 saturated heterocycles. The van der Waals surface area contributed by atoms with Gasteiger partial charge in [-0.25, -0.2) is 4.79 Å². The van der Waals surface area contributed by atoms with Gasteiger partial charge in [0.15, 0.2) is 0 Å². The molecule has 0 aromatic carbocycles. The third-order valence-corrected chi connectivity index (χ3v) is 3.44. The number of allylic oxidation sites excluding steroid dienone is 3. The van der Waals surface area contributed by atoms with Crippen LogP contribution in [0.3, 0.4) is 0 Å². The number of carbonyl (C=O) groups is 1. The smallest absolute Gasteiger partial charge is 0.335 e. The molecule has 0 spiro atoms. The monoisotopic (exact) mass is 221 g/mol. The van der Waals surface area contributed by atoms with Crippen molar-refractivity contribution in [3.8, 4) is 0 Å². The third-order valence-electron chi connectivity index (χ3n) is 3.44. The van der Waals surface area contributed by atoms with Crippen LogP contribution in [0.25, 0.3) is 0 Å². The van der Waals surface area contributed by atoms with Crippen LogP contribution in [0.5, 0.6) is 0 Å². The van der Waals surface area contributed by atoms with Crippen molar-refractivity contribution in [3.05, 3.63) is 23.4 Å². The molecule has 0 aromatic rings. The Kier molecular flexibility index (Phi) is 3.65. The second-order valence-electron chi connectivity index (χ2n) is 4.49. The molecule has 16 heavy (non-hydrogen) atoms. The van der Waals surface area contributed by atoms with E-state index in [1.807, 2.05) is 12.2 Å². The molecule has 1 N–H and O–H groups in total. The predicted molar refractivity (Wildman–Crippen MR) is 62.8 cm³/mol. The van der Waals surface area contributed by atoms with E-state index in [-0.39, 0.29) is 5.97 Å². The lowest BCUT2D eigenvalue weighted by Gasteiger charge is -2.27. The number of ether oxygens (including phenoxy) is 1. The van der Waals surface area contributed by atoms with Crippen LogP contribution in [-0.4, -0.2) is 19.6 Å². The van der Waals surface area contributed by atoms with E-state index >= 15 is 0 Å². The summed E-state index contributed by atoms with van der Waals surface area (Å²) in [6, 6.07) is 0. The van der Waals surface area contributed by atoms with Crippen molar-refractivity contribution in [1.29, 1.82) is 0 Å². The molecule has 0 atom stereocenters. The molecule has 1 aliphatic heterocycles. The molecule has 2 aliphatic rings. The van der Waals surface area contributed by atoms with Crippen molar-refractivity contribution >= 4 is 5.97 Å². The molecule has 3 heteroatoms. The van der Waals surface area contributed by atoms with Crippen LogP contribution in [-0.2, 0) is 9.53 Å². The fourth-order valence-electron chi connectivity index (χ4n) is 2.47. The van der Waals surface area contributed by atoms with E-state index in [1.54, 1.807) is 0 Å². The van der Waals surface area contributed by atoms with Crippen LogP contribution < -0.4 is 5.32 Å². The summed E-state index contributed by atoms with van der Waals surface area (Å²) in [7, 11) is 1.42. The molecule has 0 amide bonds. The largest absolute Gasteiger partial charge is 0.466 e. The quantitative estimate of drug-likeness (QED) is 0.726. The number of methoxy groups -OCH3 is 1. The summed E-state index contributed by atoms with van der Waals surface area (Å²) in [6.45, 7) is 0.606. The van der Waals surface area contributed by atoms with Gasteiger partial charge in [0.25, 0.3) is 0 Å². The highest BCUT2D eigenvalue weighted by Gasteiger charge is 2.20. The Morgan fingerprint density at radius 2 is 2.06 bits per heavy atom. The number of carbonyl (C=O) groups excluding carboxylic acids is 1. The lowest BCUT2D eigenvalue weighted by Crippen LogP contribution is -2.28. The van der Waals surface area contributed by atoms with Gasteiger partial charge in [0.2, 0.25) is 0 Å². The van der Waals surface area contributed by atoms with E-state index in [0.717, 1.165) is 0 Å². The SMILES string of the molecule is COC(=O)C1=CC=C(C2CCCCC2)NC1. The van der Waals surface area contributed by atoms with Gasteiger partial charge >= 0.3 is 5.97 Å². The van der Waals surface area contributed by atoms with E-state index in [9.17, 15) is 4.79 Å². The van der Waals surface area contributed by atoms with Crippen molar-refractivity contribution in [1.82, 2.24) is 5.32 Å². The molecular weight excluding hydrogens is 202 g/mol. The molecular formula is C13H19NO2. The van der Waals surface area contributed by atoms with Gasteiger partial charge in [0.1, 0.15) is 0 Å². The summed E-state index contributed by atoms with van der Waals surface area (Å²) < 4.78 is 4.69. The number of rotatable bonds is 2. The average Bonchev–Trinajstić information content (AvgIpc) is 2.39. The van der Waals surface area contributed by atoms with Gasteiger partial charge in [-0.05, 0) is 30.9 Å². The summed E-state index contributed by atoms with van der Waals surface area (Å²) in [5.41, 5.74) is 2.01. The lowest BCUT2D eigenvalue weighted by atomic mass is 9.86. The molecule has 0 unspecified atom stereocenters. The zero-order valence-electron chi connectivity index (χ0n) is 9.79. The van der Waals surface area contributed by atoms with Crippen LogP contribution in [0.1, 0.15) is 32.1 Å². The molecule has 1 aliphatic carbocycles. The number of hydrogen-bond acceptors (Lipinski definition) is 3. The Morgan fingerprint density at radius 1 is 1.31 bits per heavy atom. The Hall–Kier alpha value is -1.25. The number of nitrogens with one attached hydrogen (secondary N) is 1. The maximum Gasteiger partial charge on any atom is 0.335 e. The minimum Gasteiger partial charge on any atom is -0.466 e. The van der Waals surface area contributed by atoms with Crippen LogP contribution >= 0.6 is 0 Å². The Balaban J connectivity index is 2.00. The van der Waals surface area contributed by atoms with Gasteiger partial charge in [0, 0.05) is 12.2 Å². The van der Waals surface area contributed by atoms with Crippen molar-refractivity contribution < 1.29 is 9.53 Å². The average molecular weight is 221 g/mol. The zero-order chi connectivity index (χ0) is 11.4. The summed E-state index contributed by atoms with van der Waals surface area (Å²) in [4.78, 5) is 11.3. The summed E-state index contributed by atoms with van der Waals surface area (Å²) >= 11 is 0. The van der Waals surface area contributed by atoms with Crippen LogP contribution in [0.4, 0.5) is 0 Å². The van der Waals surface area contributed by atoms with Crippen LogP contribution in [0, 0.1) is 5.92 Å². The first-order chi connectivity index (χ1) is 7.81. The number of hydrogen-bond donors (Lipinski definition) is 1. The Labute approximate surface area is 96.6 Å². The van der Waals surface area contributed by atoms with E-state index in [2.05, 4.69) is 5.32 Å². The molecule has 0 aromatic heterocycles. The molecule has 2 rings (SSSR count). The molecule has 88 valence electrons. The standard InChI is InChI=1S/C13H19NO2/c1-16-13(15)11-7-8-12(14-9-11)10-5-3-2-4-6-10/h7-8,10,14H,2-6,9H2,1H3. The number of esters is 1. The summed E-state index contributed by atoms with van der Waals surface area (Å²) in [5, 5.41) is 3.35. The normalized spacial score (nSPS) is 21.8. The minimum atomic E-state index is -0.230. The van der Waals surface area contributed by atoms with Crippen LogP contribution in [0.15, 0.2) is 23.4 Å². The Morgan fingerprint density at radius 3 is 2.62 bits per heavy atom. The third kappa shape index (κ3) is 2.46. The highest BCUT2D eigenvalue weighted by atomic mass is 16.5. The van der Waals surface area contributed by atoms with E-state index in [1.165, 1.54) is 44.9 Å². The van der Waals surface area contributed by atoms with Gasteiger partial charge < -0.3 is 10.1 Å². The van der Waals surface area contributed by atoms with Crippen molar-refractivity contribution in [2.24, 2.45) is 5.92 Å². The highest BCUT2D eigenvalue weighted by molar-refractivity contribution is 5.89. The molecule has 1 heterocycles. The van der Waals surface area contributed by atoms with Crippen molar-refractivity contribution in [2.45, 2.75) is 32.1 Å². The van der Waals surface area contributed by atoms with Crippen molar-refractivity contribution in [2.75, 3.05) is 13.7 Å². The minimum absolute atomic E-state index is 0.230. The fourth-order valence-corrected chi connectivity index (χ4v) is 2.47. The molecule has 0 radical (unpaired) electrons. The van der Waals surface area contributed by atoms with Gasteiger partial charge in [-0.15, -0.1) is 0 Å². The molecule has 1 saturated carbocycles. The van der Waals surface area contributed by atoms with E-state index in [4.69, 9.17) is 4.74 Å². The van der Waals surface area contributed by atoms with E-state index in [0.29, 0.717) is 18.0 Å². The topological polar surface area (TPSA) is 38.3 Å². The van der Waals surface area contributed by atoms with Gasteiger partial charge in [-0.1, -0.05) is 19.3 Å². The number of dihydropyridines is 1. The molecule has 3 nitrogen and oxygen atoms in total. The summed E-state index contributed by atoms with van der Waals surface area (Å²) in [6.07, 6.45) is 10.5. The maximum absolute atomic E-state index is 11.3. The predicted octanol–water partition coefficient (Wildman–Crippen LogP) is 2.15. The second-order valence-corrected chi connectivity index (χ2v) is 4.49. The first-order valence-electron chi connectivity index (χ1n) is 6.04. The van der Waals surface area contributed by atoms with Gasteiger partial charge in [0.05, 0.1) is 12.7 Å². The molecule has 0 bridgehead atoms. The Bertz CT molecular complexity index is 325. The van der Waals surface area contributed by atoms with Crippen LogP contribution in [0.2, 0.25) is 0 Å². The first-order valence-corrected chi connectivity index (χ1v) is 6.04. The highest BCUT2D eigenvalue weighted by Crippen LogP contribution is 2.29. The fraction of sp³-hybridized carbons (Fsp3) is 0.615. The van der Waals surface area contributed by atoms with Gasteiger partial charge in [-0.2, -0.15) is 0 Å². The first kappa shape index (κ1) is 11.2. The van der Waals surface area contributed by atoms with E-state index < -0.39 is 0 Å². The lowest BCUT2D eigenvalue weighted by molar-refractivity contribution is -0.136. The second kappa shape index (κ2) is 5.19.